The fourth-order valence-electron chi connectivity index (χ4n) is 4.24. The van der Waals surface area contributed by atoms with Gasteiger partial charge < -0.3 is 19.5 Å². The van der Waals surface area contributed by atoms with Crippen LogP contribution in [-0.4, -0.2) is 46.4 Å². The fraction of sp³-hybridized carbons (Fsp3) is 0.192. The monoisotopic (exact) mass is 442 g/mol. The average molecular weight is 442 g/mol. The van der Waals surface area contributed by atoms with Crippen LogP contribution in [0.15, 0.2) is 78.6 Å². The minimum atomic E-state index is -0.740. The highest BCUT2D eigenvalue weighted by Crippen LogP contribution is 2.40. The van der Waals surface area contributed by atoms with Crippen molar-refractivity contribution in [2.45, 2.75) is 12.5 Å². The second kappa shape index (κ2) is 8.78. The first-order valence-electron chi connectivity index (χ1n) is 10.8. The standard InChI is InChI=1S/C26H22N2O5/c29-24(18-8-9-20-21(15-18)33-14-13-32-20)22-23(19-7-4-11-27-16-19)28(26(31)25(22)30)12-10-17-5-2-1-3-6-17/h1-9,11,15-16,23,29H,10,12-14H2/b24-22-. The second-order valence-corrected chi connectivity index (χ2v) is 7.87. The topological polar surface area (TPSA) is 89.0 Å². The van der Waals surface area contributed by atoms with Gasteiger partial charge in [-0.1, -0.05) is 36.4 Å². The number of likely N-dealkylation sites (tertiary alicyclic amines) is 1. The minimum absolute atomic E-state index is 0.0396. The first-order valence-corrected chi connectivity index (χ1v) is 10.8. The molecule has 166 valence electrons. The highest BCUT2D eigenvalue weighted by atomic mass is 16.6. The van der Waals surface area contributed by atoms with Crippen molar-refractivity contribution in [2.24, 2.45) is 0 Å². The van der Waals surface area contributed by atoms with Gasteiger partial charge in [-0.2, -0.15) is 0 Å². The molecule has 3 aromatic rings. The number of carbonyl (C=O) groups excluding carboxylic acids is 2. The number of aliphatic hydroxyl groups is 1. The molecule has 7 nitrogen and oxygen atoms in total. The Morgan fingerprint density at radius 3 is 2.55 bits per heavy atom. The highest BCUT2D eigenvalue weighted by molar-refractivity contribution is 6.46. The number of aromatic nitrogens is 1. The van der Waals surface area contributed by atoms with Crippen LogP contribution >= 0.6 is 0 Å². The Bertz CT molecular complexity index is 1220. The Hall–Kier alpha value is -4.13. The number of hydrogen-bond donors (Lipinski definition) is 1. The maximum atomic E-state index is 13.1. The van der Waals surface area contributed by atoms with E-state index in [-0.39, 0.29) is 11.3 Å². The van der Waals surface area contributed by atoms with Gasteiger partial charge >= 0.3 is 0 Å². The van der Waals surface area contributed by atoms with Crippen molar-refractivity contribution in [3.63, 3.8) is 0 Å². The zero-order valence-electron chi connectivity index (χ0n) is 17.8. The molecule has 1 fully saturated rings. The van der Waals surface area contributed by atoms with Crippen molar-refractivity contribution in [2.75, 3.05) is 19.8 Å². The molecule has 1 atom stereocenters. The van der Waals surface area contributed by atoms with Gasteiger partial charge in [-0.25, -0.2) is 0 Å². The Labute approximate surface area is 190 Å². The predicted octanol–water partition coefficient (Wildman–Crippen LogP) is 3.52. The second-order valence-electron chi connectivity index (χ2n) is 7.87. The number of aliphatic hydroxyl groups excluding tert-OH is 1. The van der Waals surface area contributed by atoms with Crippen LogP contribution in [0.5, 0.6) is 11.5 Å². The Morgan fingerprint density at radius 1 is 1.00 bits per heavy atom. The third-order valence-corrected chi connectivity index (χ3v) is 5.84. The van der Waals surface area contributed by atoms with Crippen LogP contribution in [0.3, 0.4) is 0 Å². The number of fused-ring (bicyclic) bond motifs is 1. The molecule has 0 aliphatic carbocycles. The van der Waals surface area contributed by atoms with Crippen LogP contribution in [0.25, 0.3) is 5.76 Å². The maximum Gasteiger partial charge on any atom is 0.295 e. The number of ketones is 1. The van der Waals surface area contributed by atoms with E-state index < -0.39 is 17.7 Å². The third kappa shape index (κ3) is 3.93. The summed E-state index contributed by atoms with van der Waals surface area (Å²) in [5, 5.41) is 11.2. The van der Waals surface area contributed by atoms with Crippen LogP contribution in [0.2, 0.25) is 0 Å². The molecule has 7 heteroatoms. The predicted molar refractivity (Wildman–Crippen MR) is 121 cm³/mol. The summed E-state index contributed by atoms with van der Waals surface area (Å²) in [6.07, 6.45) is 3.82. The number of nitrogens with zero attached hydrogens (tertiary/aromatic N) is 2. The summed E-state index contributed by atoms with van der Waals surface area (Å²) < 4.78 is 11.2. The van der Waals surface area contributed by atoms with Gasteiger partial charge in [-0.15, -0.1) is 0 Å². The molecule has 0 bridgehead atoms. The zero-order valence-corrected chi connectivity index (χ0v) is 17.8. The Balaban J connectivity index is 1.56. The van der Waals surface area contributed by atoms with E-state index in [4.69, 9.17) is 9.47 Å². The molecule has 2 aliphatic heterocycles. The SMILES string of the molecule is O=C1C(=O)N(CCc2ccccc2)C(c2cccnc2)/C1=C(/O)c1ccc2c(c1)OCCO2. The summed E-state index contributed by atoms with van der Waals surface area (Å²) in [4.78, 5) is 31.9. The van der Waals surface area contributed by atoms with Crippen molar-refractivity contribution in [1.82, 2.24) is 9.88 Å². The maximum absolute atomic E-state index is 13.1. The van der Waals surface area contributed by atoms with Crippen LogP contribution in [0.1, 0.15) is 22.7 Å². The van der Waals surface area contributed by atoms with Gasteiger partial charge in [-0.05, 0) is 41.8 Å². The number of benzene rings is 2. The number of ether oxygens (including phenoxy) is 2. The van der Waals surface area contributed by atoms with Crippen molar-refractivity contribution in [1.29, 1.82) is 0 Å². The number of pyridine rings is 1. The highest BCUT2D eigenvalue weighted by Gasteiger charge is 2.46. The molecule has 1 amide bonds. The molecule has 33 heavy (non-hydrogen) atoms. The fourth-order valence-corrected chi connectivity index (χ4v) is 4.24. The summed E-state index contributed by atoms with van der Waals surface area (Å²) in [5.74, 6) is -0.545. The van der Waals surface area contributed by atoms with Gasteiger partial charge in [0.15, 0.2) is 11.5 Å². The molecular weight excluding hydrogens is 420 g/mol. The lowest BCUT2D eigenvalue weighted by Gasteiger charge is -2.25. The van der Waals surface area contributed by atoms with Gasteiger partial charge in [0.2, 0.25) is 0 Å². The third-order valence-electron chi connectivity index (χ3n) is 5.84. The first kappa shape index (κ1) is 20.8. The van der Waals surface area contributed by atoms with Gasteiger partial charge in [-0.3, -0.25) is 14.6 Å². The normalized spacial score (nSPS) is 19.0. The molecule has 2 aromatic carbocycles. The zero-order chi connectivity index (χ0) is 22.8. The lowest BCUT2D eigenvalue weighted by molar-refractivity contribution is -0.139. The van der Waals surface area contributed by atoms with E-state index in [9.17, 15) is 14.7 Å². The Morgan fingerprint density at radius 2 is 1.79 bits per heavy atom. The van der Waals surface area contributed by atoms with Crippen molar-refractivity contribution in [3.8, 4) is 11.5 Å². The van der Waals surface area contributed by atoms with Crippen molar-refractivity contribution >= 4 is 17.4 Å². The lowest BCUT2D eigenvalue weighted by Crippen LogP contribution is -2.31. The number of carbonyl (C=O) groups is 2. The number of rotatable bonds is 5. The van der Waals surface area contributed by atoms with E-state index in [0.717, 1.165) is 5.56 Å². The molecule has 0 saturated carbocycles. The number of amides is 1. The van der Waals surface area contributed by atoms with Crippen molar-refractivity contribution < 1.29 is 24.2 Å². The van der Waals surface area contributed by atoms with Gasteiger partial charge in [0, 0.05) is 24.5 Å². The minimum Gasteiger partial charge on any atom is -0.507 e. The van der Waals surface area contributed by atoms with Gasteiger partial charge in [0.25, 0.3) is 11.7 Å². The molecule has 1 N–H and O–H groups in total. The molecule has 5 rings (SSSR count). The van der Waals surface area contributed by atoms with Crippen LogP contribution in [0.4, 0.5) is 0 Å². The molecular formula is C26H22N2O5. The quantitative estimate of drug-likeness (QED) is 0.370. The summed E-state index contributed by atoms with van der Waals surface area (Å²) in [5.41, 5.74) is 2.13. The number of hydrogen-bond acceptors (Lipinski definition) is 6. The largest absolute Gasteiger partial charge is 0.507 e. The van der Waals surface area contributed by atoms with E-state index >= 15 is 0 Å². The van der Waals surface area contributed by atoms with Crippen molar-refractivity contribution in [3.05, 3.63) is 95.3 Å². The Kier molecular flexibility index (Phi) is 5.52. The summed E-state index contributed by atoms with van der Waals surface area (Å²) >= 11 is 0. The molecule has 1 aromatic heterocycles. The summed E-state index contributed by atoms with van der Waals surface area (Å²) in [7, 11) is 0. The molecule has 1 unspecified atom stereocenters. The smallest absolute Gasteiger partial charge is 0.295 e. The molecule has 0 radical (unpaired) electrons. The molecule has 1 saturated heterocycles. The van der Waals surface area contributed by atoms with Crippen LogP contribution in [0, 0.1) is 0 Å². The van der Waals surface area contributed by atoms with E-state index in [0.29, 0.717) is 48.8 Å². The van der Waals surface area contributed by atoms with E-state index in [1.54, 1.807) is 42.7 Å². The van der Waals surface area contributed by atoms with E-state index in [1.807, 2.05) is 30.3 Å². The molecule has 2 aliphatic rings. The molecule has 3 heterocycles. The average Bonchev–Trinajstić information content (AvgIpc) is 3.12. The lowest BCUT2D eigenvalue weighted by atomic mass is 9.96. The van der Waals surface area contributed by atoms with Crippen LogP contribution in [-0.2, 0) is 16.0 Å². The van der Waals surface area contributed by atoms with Crippen LogP contribution < -0.4 is 9.47 Å². The van der Waals surface area contributed by atoms with E-state index in [2.05, 4.69) is 4.98 Å². The number of Topliss-reactive ketones (excluding diaryl/α,β-unsaturated/α-hetero) is 1. The van der Waals surface area contributed by atoms with Gasteiger partial charge in [0.1, 0.15) is 19.0 Å². The first-order chi connectivity index (χ1) is 16.1. The van der Waals surface area contributed by atoms with E-state index in [1.165, 1.54) is 4.90 Å². The molecule has 0 spiro atoms. The summed E-state index contributed by atoms with van der Waals surface area (Å²) in [6.45, 7) is 1.18. The summed E-state index contributed by atoms with van der Waals surface area (Å²) in [6, 6.07) is 17.5. The van der Waals surface area contributed by atoms with Gasteiger partial charge in [0.05, 0.1) is 11.6 Å².